The molecule has 0 aliphatic heterocycles. The highest BCUT2D eigenvalue weighted by atomic mass is 32.1. The maximum atomic E-state index is 4.51. The monoisotopic (exact) mass is 267 g/mol. The van der Waals surface area contributed by atoms with Crippen LogP contribution in [-0.4, -0.2) is 9.36 Å². The van der Waals surface area contributed by atoms with Gasteiger partial charge in [-0.25, -0.2) is 0 Å². The molecule has 19 heavy (non-hydrogen) atoms. The highest BCUT2D eigenvalue weighted by molar-refractivity contribution is 7.09. The van der Waals surface area contributed by atoms with Gasteiger partial charge in [-0.2, -0.15) is 9.36 Å². The molecule has 0 amide bonds. The highest BCUT2D eigenvalue weighted by Crippen LogP contribution is 2.25. The Morgan fingerprint density at radius 3 is 2.47 bits per heavy atom. The third-order valence-electron chi connectivity index (χ3n) is 2.84. The fourth-order valence-electron chi connectivity index (χ4n) is 1.81. The van der Waals surface area contributed by atoms with Crippen LogP contribution in [0.15, 0.2) is 54.6 Å². The summed E-state index contributed by atoms with van der Waals surface area (Å²) < 4.78 is 4.38. The number of aryl methyl sites for hydroxylation is 1. The Morgan fingerprint density at radius 1 is 0.947 bits per heavy atom. The van der Waals surface area contributed by atoms with Crippen LogP contribution in [0.2, 0.25) is 0 Å². The first-order valence-corrected chi connectivity index (χ1v) is 6.82. The number of aromatic nitrogens is 2. The molecule has 1 N–H and O–H groups in total. The van der Waals surface area contributed by atoms with Gasteiger partial charge in [0.1, 0.15) is 0 Å². The van der Waals surface area contributed by atoms with E-state index in [1.807, 2.05) is 48.5 Å². The second-order valence-corrected chi connectivity index (χ2v) is 4.98. The largest absolute Gasteiger partial charge is 0.330 e. The first-order valence-electron chi connectivity index (χ1n) is 6.05. The molecule has 3 rings (SSSR count). The molecule has 1 heterocycles. The maximum Gasteiger partial charge on any atom is 0.207 e. The summed E-state index contributed by atoms with van der Waals surface area (Å²) in [6.07, 6.45) is 0. The van der Waals surface area contributed by atoms with Crippen molar-refractivity contribution in [3.8, 4) is 11.4 Å². The summed E-state index contributed by atoms with van der Waals surface area (Å²) in [7, 11) is 0. The molecule has 3 aromatic rings. The molecule has 0 spiro atoms. The molecule has 0 fully saturated rings. The third kappa shape index (κ3) is 2.63. The van der Waals surface area contributed by atoms with Crippen LogP contribution in [0.1, 0.15) is 5.56 Å². The molecule has 94 valence electrons. The van der Waals surface area contributed by atoms with E-state index in [-0.39, 0.29) is 0 Å². The van der Waals surface area contributed by atoms with Crippen molar-refractivity contribution in [1.29, 1.82) is 0 Å². The van der Waals surface area contributed by atoms with Crippen molar-refractivity contribution in [2.45, 2.75) is 6.92 Å². The lowest BCUT2D eigenvalue weighted by atomic mass is 10.2. The summed E-state index contributed by atoms with van der Waals surface area (Å²) in [5, 5.41) is 4.12. The van der Waals surface area contributed by atoms with Gasteiger partial charge in [-0.05, 0) is 18.6 Å². The molecule has 0 aliphatic carbocycles. The van der Waals surface area contributed by atoms with Crippen molar-refractivity contribution < 1.29 is 0 Å². The van der Waals surface area contributed by atoms with E-state index < -0.39 is 0 Å². The van der Waals surface area contributed by atoms with Crippen LogP contribution in [-0.2, 0) is 0 Å². The van der Waals surface area contributed by atoms with Gasteiger partial charge in [0.2, 0.25) is 5.13 Å². The lowest BCUT2D eigenvalue weighted by Crippen LogP contribution is -1.91. The molecule has 0 bridgehead atoms. The minimum Gasteiger partial charge on any atom is -0.330 e. The van der Waals surface area contributed by atoms with E-state index in [0.29, 0.717) is 0 Å². The van der Waals surface area contributed by atoms with E-state index in [9.17, 15) is 0 Å². The van der Waals surface area contributed by atoms with Gasteiger partial charge in [0.25, 0.3) is 0 Å². The second-order valence-electron chi connectivity index (χ2n) is 4.23. The second kappa shape index (κ2) is 5.20. The molecule has 1 aromatic heterocycles. The van der Waals surface area contributed by atoms with Crippen LogP contribution >= 0.6 is 11.5 Å². The minimum absolute atomic E-state index is 0.765. The zero-order valence-corrected chi connectivity index (χ0v) is 11.3. The summed E-state index contributed by atoms with van der Waals surface area (Å²) in [5.74, 6) is 0.765. The van der Waals surface area contributed by atoms with Crippen molar-refractivity contribution in [2.75, 3.05) is 5.32 Å². The average molecular weight is 267 g/mol. The Kier molecular flexibility index (Phi) is 3.25. The van der Waals surface area contributed by atoms with E-state index in [2.05, 4.69) is 27.7 Å². The molecule has 0 unspecified atom stereocenters. The van der Waals surface area contributed by atoms with Crippen LogP contribution in [0.3, 0.4) is 0 Å². The fourth-order valence-corrected chi connectivity index (χ4v) is 2.41. The van der Waals surface area contributed by atoms with E-state index in [1.165, 1.54) is 17.1 Å². The van der Waals surface area contributed by atoms with Gasteiger partial charge >= 0.3 is 0 Å². The number of nitrogens with one attached hydrogen (secondary N) is 1. The van der Waals surface area contributed by atoms with E-state index in [1.54, 1.807) is 0 Å². The summed E-state index contributed by atoms with van der Waals surface area (Å²) in [6.45, 7) is 2.07. The lowest BCUT2D eigenvalue weighted by molar-refractivity contribution is 1.31. The van der Waals surface area contributed by atoms with Crippen molar-refractivity contribution >= 4 is 22.4 Å². The lowest BCUT2D eigenvalue weighted by Gasteiger charge is -2.04. The normalized spacial score (nSPS) is 10.4. The van der Waals surface area contributed by atoms with E-state index in [0.717, 1.165) is 22.2 Å². The fraction of sp³-hybridized carbons (Fsp3) is 0.0667. The van der Waals surface area contributed by atoms with Crippen LogP contribution in [0, 0.1) is 6.92 Å². The minimum atomic E-state index is 0.765. The molecule has 0 atom stereocenters. The molecular weight excluding hydrogens is 254 g/mol. The molecule has 3 nitrogen and oxygen atoms in total. The first kappa shape index (κ1) is 11.9. The summed E-state index contributed by atoms with van der Waals surface area (Å²) in [4.78, 5) is 4.51. The van der Waals surface area contributed by atoms with Gasteiger partial charge in [-0.1, -0.05) is 48.5 Å². The Labute approximate surface area is 116 Å². The average Bonchev–Trinajstić information content (AvgIpc) is 2.91. The van der Waals surface area contributed by atoms with Gasteiger partial charge in [0.05, 0.1) is 0 Å². The smallest absolute Gasteiger partial charge is 0.207 e. The zero-order valence-electron chi connectivity index (χ0n) is 10.5. The van der Waals surface area contributed by atoms with Crippen molar-refractivity contribution in [2.24, 2.45) is 0 Å². The molecular formula is C15H13N3S. The SMILES string of the molecule is Cc1ccccc1Nc1nc(-c2ccccc2)ns1. The number of para-hydroxylation sites is 1. The van der Waals surface area contributed by atoms with Gasteiger partial charge < -0.3 is 5.32 Å². The summed E-state index contributed by atoms with van der Waals surface area (Å²) in [5.41, 5.74) is 3.30. The molecule has 0 saturated carbocycles. The number of rotatable bonds is 3. The zero-order chi connectivity index (χ0) is 13.1. The van der Waals surface area contributed by atoms with Gasteiger partial charge in [0, 0.05) is 22.8 Å². The maximum absolute atomic E-state index is 4.51. The van der Waals surface area contributed by atoms with Crippen LogP contribution in [0.25, 0.3) is 11.4 Å². The number of benzene rings is 2. The van der Waals surface area contributed by atoms with E-state index in [4.69, 9.17) is 0 Å². The quantitative estimate of drug-likeness (QED) is 0.770. The highest BCUT2D eigenvalue weighted by Gasteiger charge is 2.06. The molecule has 0 radical (unpaired) electrons. The third-order valence-corrected chi connectivity index (χ3v) is 3.48. The number of anilines is 2. The predicted molar refractivity (Wildman–Crippen MR) is 79.8 cm³/mol. The van der Waals surface area contributed by atoms with Crippen molar-refractivity contribution in [3.05, 3.63) is 60.2 Å². The standard InChI is InChI=1S/C15H13N3S/c1-11-7-5-6-10-13(11)16-15-17-14(18-19-15)12-8-3-2-4-9-12/h2-10H,1H3,(H,16,17,18). The van der Waals surface area contributed by atoms with Crippen LogP contribution in [0.4, 0.5) is 10.8 Å². The van der Waals surface area contributed by atoms with E-state index >= 15 is 0 Å². The number of hydrogen-bond donors (Lipinski definition) is 1. The Hall–Kier alpha value is -2.20. The van der Waals surface area contributed by atoms with Crippen molar-refractivity contribution in [3.63, 3.8) is 0 Å². The Balaban J connectivity index is 1.85. The predicted octanol–water partition coefficient (Wildman–Crippen LogP) is 4.26. The van der Waals surface area contributed by atoms with Crippen LogP contribution in [0.5, 0.6) is 0 Å². The molecule has 2 aromatic carbocycles. The summed E-state index contributed by atoms with van der Waals surface area (Å²) in [6, 6.07) is 18.1. The van der Waals surface area contributed by atoms with Crippen molar-refractivity contribution in [1.82, 2.24) is 9.36 Å². The van der Waals surface area contributed by atoms with Crippen LogP contribution < -0.4 is 5.32 Å². The first-order chi connectivity index (χ1) is 9.33. The number of nitrogens with zero attached hydrogens (tertiary/aromatic N) is 2. The number of hydrogen-bond acceptors (Lipinski definition) is 4. The van der Waals surface area contributed by atoms with Gasteiger partial charge in [-0.3, -0.25) is 0 Å². The molecule has 0 saturated heterocycles. The van der Waals surface area contributed by atoms with Gasteiger partial charge in [0.15, 0.2) is 5.82 Å². The van der Waals surface area contributed by atoms with Gasteiger partial charge in [-0.15, -0.1) is 0 Å². The molecule has 0 aliphatic rings. The topological polar surface area (TPSA) is 37.8 Å². The Bertz CT molecular complexity index is 677. The summed E-state index contributed by atoms with van der Waals surface area (Å²) >= 11 is 1.38. The Morgan fingerprint density at radius 2 is 1.68 bits per heavy atom. The molecule has 4 heteroatoms.